The molecule has 0 aliphatic carbocycles. The number of carbonyl (C=O) groups is 1. The number of amides is 1. The number of ether oxygens (including phenoxy) is 2. The Morgan fingerprint density at radius 3 is 2.52 bits per heavy atom. The smallest absolute Gasteiger partial charge is 0.408 e. The van der Waals surface area contributed by atoms with Crippen molar-refractivity contribution in [3.05, 3.63) is 82.3 Å². The number of rotatable bonds is 8. The van der Waals surface area contributed by atoms with Gasteiger partial charge in [-0.3, -0.25) is 0 Å². The van der Waals surface area contributed by atoms with E-state index in [1.807, 2.05) is 54.6 Å². The minimum Gasteiger partial charge on any atom is -0.444 e. The monoisotopic (exact) mass is 461 g/mol. The van der Waals surface area contributed by atoms with Gasteiger partial charge in [-0.1, -0.05) is 70.5 Å². The summed E-state index contributed by atoms with van der Waals surface area (Å²) in [4.78, 5) is 12.2. The van der Waals surface area contributed by atoms with Crippen LogP contribution in [0.4, 0.5) is 4.79 Å². The topological polar surface area (TPSA) is 67.8 Å². The fraction of sp³-hybridized carbons (Fsp3) is 0.348. The molecule has 0 unspecified atom stereocenters. The minimum absolute atomic E-state index is 0.246. The molecule has 0 spiro atoms. The van der Waals surface area contributed by atoms with Gasteiger partial charge in [-0.15, -0.1) is 0 Å². The summed E-state index contributed by atoms with van der Waals surface area (Å²) in [5.74, 6) is 0. The van der Waals surface area contributed by atoms with Gasteiger partial charge in [0.25, 0.3) is 0 Å². The van der Waals surface area contributed by atoms with Crippen LogP contribution in [0.5, 0.6) is 0 Å². The molecule has 156 valence electrons. The maximum absolute atomic E-state index is 12.2. The number of carbonyl (C=O) groups excluding carboxylic acids is 1. The van der Waals surface area contributed by atoms with E-state index in [0.29, 0.717) is 6.61 Å². The number of benzene rings is 2. The van der Waals surface area contributed by atoms with Crippen LogP contribution in [0.25, 0.3) is 0 Å². The summed E-state index contributed by atoms with van der Waals surface area (Å²) in [6.45, 7) is 6.09. The number of alkyl carbamates (subject to hydrolysis) is 1. The molecule has 2 N–H and O–H groups in total. The molecule has 0 aliphatic rings. The van der Waals surface area contributed by atoms with Crippen LogP contribution in [-0.4, -0.2) is 29.4 Å². The van der Waals surface area contributed by atoms with E-state index in [9.17, 15) is 9.90 Å². The average Bonchev–Trinajstić information content (AvgIpc) is 2.65. The second-order valence-corrected chi connectivity index (χ2v) is 8.55. The molecule has 0 fully saturated rings. The number of hydrogen-bond acceptors (Lipinski definition) is 4. The van der Waals surface area contributed by atoms with Gasteiger partial charge in [0, 0.05) is 4.47 Å². The largest absolute Gasteiger partial charge is 0.444 e. The molecule has 0 radical (unpaired) electrons. The second-order valence-electron chi connectivity index (χ2n) is 7.64. The normalized spacial score (nSPS) is 13.8. The minimum atomic E-state index is -0.801. The Bertz CT molecular complexity index is 802. The maximum atomic E-state index is 12.2. The van der Waals surface area contributed by atoms with Gasteiger partial charge in [-0.05, 0) is 44.0 Å². The Morgan fingerprint density at radius 2 is 1.86 bits per heavy atom. The average molecular weight is 462 g/mol. The van der Waals surface area contributed by atoms with Crippen LogP contribution >= 0.6 is 15.9 Å². The first-order valence-corrected chi connectivity index (χ1v) is 10.3. The zero-order chi connectivity index (χ0) is 21.3. The van der Waals surface area contributed by atoms with Crippen molar-refractivity contribution in [2.45, 2.75) is 45.1 Å². The highest BCUT2D eigenvalue weighted by Gasteiger charge is 2.19. The van der Waals surface area contributed by atoms with Crippen LogP contribution in [0, 0.1) is 0 Å². The Hall–Kier alpha value is -2.15. The summed E-state index contributed by atoms with van der Waals surface area (Å²) < 4.78 is 12.0. The van der Waals surface area contributed by atoms with Crippen molar-refractivity contribution in [1.82, 2.24) is 5.32 Å². The highest BCUT2D eigenvalue weighted by atomic mass is 79.9. The van der Waals surface area contributed by atoms with Crippen LogP contribution in [0.15, 0.2) is 71.2 Å². The van der Waals surface area contributed by atoms with Crippen molar-refractivity contribution in [2.75, 3.05) is 6.61 Å². The molecule has 5 nitrogen and oxygen atoms in total. The van der Waals surface area contributed by atoms with Crippen LogP contribution < -0.4 is 5.32 Å². The first-order chi connectivity index (χ1) is 13.7. The third-order valence-electron chi connectivity index (χ3n) is 3.83. The standard InChI is InChI=1S/C23H28BrNO4/c1-23(2,3)29-22(27)25-20(16-28-15-17-8-5-4-6-9-17)12-13-21(26)18-10-7-11-19(24)14-18/h4-14,20-21,26H,15-16H2,1-3H3,(H,25,27)/b13-12-/t20-,21+/m0/s1. The molecule has 1 amide bonds. The molecule has 2 atom stereocenters. The SMILES string of the molecule is CC(C)(C)OC(=O)N[C@@H](/C=C\[C@@H](O)c1cccc(Br)c1)COCc1ccccc1. The van der Waals surface area contributed by atoms with Gasteiger partial charge >= 0.3 is 6.09 Å². The lowest BCUT2D eigenvalue weighted by Gasteiger charge is -2.22. The summed E-state index contributed by atoms with van der Waals surface area (Å²) >= 11 is 3.40. The van der Waals surface area contributed by atoms with Crippen molar-refractivity contribution in [3.63, 3.8) is 0 Å². The molecule has 0 aromatic heterocycles. The maximum Gasteiger partial charge on any atom is 0.408 e. The van der Waals surface area contributed by atoms with E-state index < -0.39 is 23.8 Å². The summed E-state index contributed by atoms with van der Waals surface area (Å²) in [5.41, 5.74) is 1.19. The Kier molecular flexibility index (Phi) is 8.89. The predicted octanol–water partition coefficient (Wildman–Crippen LogP) is 5.15. The number of nitrogens with one attached hydrogen (secondary N) is 1. The number of hydrogen-bond donors (Lipinski definition) is 2. The molecule has 2 aromatic carbocycles. The summed E-state index contributed by atoms with van der Waals surface area (Å²) in [7, 11) is 0. The Morgan fingerprint density at radius 1 is 1.14 bits per heavy atom. The molecular weight excluding hydrogens is 434 g/mol. The lowest BCUT2D eigenvalue weighted by Crippen LogP contribution is -2.40. The van der Waals surface area contributed by atoms with E-state index in [1.54, 1.807) is 32.9 Å². The third-order valence-corrected chi connectivity index (χ3v) is 4.32. The van der Waals surface area contributed by atoms with Gasteiger partial charge in [0.1, 0.15) is 5.60 Å². The van der Waals surface area contributed by atoms with Crippen molar-refractivity contribution >= 4 is 22.0 Å². The summed E-state index contributed by atoms with van der Waals surface area (Å²) in [6, 6.07) is 16.8. The lowest BCUT2D eigenvalue weighted by molar-refractivity contribution is 0.0458. The van der Waals surface area contributed by atoms with E-state index >= 15 is 0 Å². The van der Waals surface area contributed by atoms with Crippen molar-refractivity contribution in [1.29, 1.82) is 0 Å². The first-order valence-electron chi connectivity index (χ1n) is 9.46. The van der Waals surface area contributed by atoms with Gasteiger partial charge in [-0.2, -0.15) is 0 Å². The molecule has 29 heavy (non-hydrogen) atoms. The van der Waals surface area contributed by atoms with E-state index in [2.05, 4.69) is 21.2 Å². The number of aliphatic hydroxyl groups excluding tert-OH is 1. The summed E-state index contributed by atoms with van der Waals surface area (Å²) in [5, 5.41) is 13.2. The van der Waals surface area contributed by atoms with E-state index in [1.165, 1.54) is 0 Å². The van der Waals surface area contributed by atoms with Gasteiger partial charge in [-0.25, -0.2) is 4.79 Å². The predicted molar refractivity (Wildman–Crippen MR) is 117 cm³/mol. The number of aliphatic hydroxyl groups is 1. The molecule has 6 heteroatoms. The van der Waals surface area contributed by atoms with Crippen molar-refractivity contribution in [3.8, 4) is 0 Å². The Balaban J connectivity index is 2.01. The van der Waals surface area contributed by atoms with Gasteiger partial charge in [0.2, 0.25) is 0 Å². The molecule has 0 saturated heterocycles. The molecular formula is C23H28BrNO4. The van der Waals surface area contributed by atoms with Crippen LogP contribution in [0.3, 0.4) is 0 Å². The van der Waals surface area contributed by atoms with Crippen molar-refractivity contribution < 1.29 is 19.4 Å². The first kappa shape index (κ1) is 23.1. The van der Waals surface area contributed by atoms with Gasteiger partial charge < -0.3 is 19.9 Å². The zero-order valence-electron chi connectivity index (χ0n) is 17.0. The highest BCUT2D eigenvalue weighted by molar-refractivity contribution is 9.10. The van der Waals surface area contributed by atoms with Gasteiger partial charge in [0.15, 0.2) is 0 Å². The molecule has 0 heterocycles. The van der Waals surface area contributed by atoms with Crippen molar-refractivity contribution in [2.24, 2.45) is 0 Å². The lowest BCUT2D eigenvalue weighted by atomic mass is 10.1. The van der Waals surface area contributed by atoms with Crippen LogP contribution in [0.2, 0.25) is 0 Å². The molecule has 2 rings (SSSR count). The molecule has 0 bridgehead atoms. The second kappa shape index (κ2) is 11.1. The highest BCUT2D eigenvalue weighted by Crippen LogP contribution is 2.19. The zero-order valence-corrected chi connectivity index (χ0v) is 18.6. The summed E-state index contributed by atoms with van der Waals surface area (Å²) in [6.07, 6.45) is 2.02. The molecule has 0 aliphatic heterocycles. The van der Waals surface area contributed by atoms with Gasteiger partial charge in [0.05, 0.1) is 25.4 Å². The van der Waals surface area contributed by atoms with E-state index in [4.69, 9.17) is 9.47 Å². The third kappa shape index (κ3) is 9.26. The van der Waals surface area contributed by atoms with E-state index in [-0.39, 0.29) is 6.61 Å². The Labute approximate surface area is 180 Å². The quantitative estimate of drug-likeness (QED) is 0.533. The molecule has 2 aromatic rings. The van der Waals surface area contributed by atoms with Crippen LogP contribution in [-0.2, 0) is 16.1 Å². The number of halogens is 1. The molecule has 0 saturated carbocycles. The van der Waals surface area contributed by atoms with E-state index in [0.717, 1.165) is 15.6 Å². The van der Waals surface area contributed by atoms with Crippen LogP contribution in [0.1, 0.15) is 38.0 Å². The fourth-order valence-electron chi connectivity index (χ4n) is 2.52. The fourth-order valence-corrected chi connectivity index (χ4v) is 2.94.